The van der Waals surface area contributed by atoms with E-state index in [0.29, 0.717) is 12.1 Å². The molecule has 0 bridgehead atoms. The summed E-state index contributed by atoms with van der Waals surface area (Å²) >= 11 is 0. The maximum absolute atomic E-state index is 12.0. The summed E-state index contributed by atoms with van der Waals surface area (Å²) in [5.74, 6) is -0.0277. The molecule has 18 heavy (non-hydrogen) atoms. The van der Waals surface area contributed by atoms with Gasteiger partial charge in [-0.3, -0.25) is 4.79 Å². The number of hydrogen-bond acceptors (Lipinski definition) is 3. The number of rotatable bonds is 3. The van der Waals surface area contributed by atoms with Crippen LogP contribution in [-0.4, -0.2) is 21.2 Å². The zero-order valence-electron chi connectivity index (χ0n) is 9.63. The van der Waals surface area contributed by atoms with Crippen LogP contribution in [0.2, 0.25) is 0 Å². The van der Waals surface area contributed by atoms with E-state index in [1.807, 2.05) is 42.5 Å². The van der Waals surface area contributed by atoms with Gasteiger partial charge in [-0.1, -0.05) is 42.5 Å². The van der Waals surface area contributed by atoms with E-state index in [0.717, 1.165) is 16.3 Å². The Kier molecular flexibility index (Phi) is 2.61. The Labute approximate surface area is 104 Å². The fourth-order valence-electron chi connectivity index (χ4n) is 2.05. The van der Waals surface area contributed by atoms with Crippen molar-refractivity contribution >= 4 is 16.6 Å². The van der Waals surface area contributed by atoms with Crippen LogP contribution in [-0.2, 0) is 6.42 Å². The predicted molar refractivity (Wildman–Crippen MR) is 68.4 cm³/mol. The van der Waals surface area contributed by atoms with Gasteiger partial charge >= 0.3 is 0 Å². The van der Waals surface area contributed by atoms with Crippen LogP contribution in [0, 0.1) is 0 Å². The third-order valence-corrected chi connectivity index (χ3v) is 2.93. The van der Waals surface area contributed by atoms with Crippen molar-refractivity contribution in [3.8, 4) is 0 Å². The van der Waals surface area contributed by atoms with Gasteiger partial charge in [0.15, 0.2) is 5.78 Å². The number of nitrogens with one attached hydrogen (secondary N) is 1. The molecule has 0 aliphatic rings. The van der Waals surface area contributed by atoms with Crippen molar-refractivity contribution in [1.82, 2.24) is 15.4 Å². The first-order chi connectivity index (χ1) is 8.84. The largest absolute Gasteiger partial charge is 0.292 e. The Hall–Kier alpha value is -2.49. The van der Waals surface area contributed by atoms with Gasteiger partial charge in [0, 0.05) is 6.42 Å². The number of H-pyrrole nitrogens is 1. The normalized spacial score (nSPS) is 10.7. The molecule has 0 fully saturated rings. The van der Waals surface area contributed by atoms with Crippen molar-refractivity contribution < 1.29 is 4.79 Å². The number of carbonyl (C=O) groups is 1. The molecule has 1 aromatic heterocycles. The Morgan fingerprint density at radius 1 is 1.11 bits per heavy atom. The van der Waals surface area contributed by atoms with Crippen molar-refractivity contribution in [2.75, 3.05) is 0 Å². The number of aromatic amines is 1. The molecule has 0 unspecified atom stereocenters. The van der Waals surface area contributed by atoms with Crippen LogP contribution < -0.4 is 0 Å². The molecule has 1 N–H and O–H groups in total. The van der Waals surface area contributed by atoms with Crippen molar-refractivity contribution in [1.29, 1.82) is 0 Å². The topological polar surface area (TPSA) is 58.6 Å². The molecule has 0 saturated heterocycles. The molecule has 1 heterocycles. The zero-order valence-corrected chi connectivity index (χ0v) is 9.63. The van der Waals surface area contributed by atoms with Crippen molar-refractivity contribution in [3.63, 3.8) is 0 Å². The average Bonchev–Trinajstić information content (AvgIpc) is 2.93. The molecule has 0 amide bonds. The number of nitrogens with zero attached hydrogens (tertiary/aromatic N) is 2. The number of hydrogen-bond donors (Lipinski definition) is 1. The molecule has 0 atom stereocenters. The number of benzene rings is 2. The summed E-state index contributed by atoms with van der Waals surface area (Å²) < 4.78 is 0. The number of Topliss-reactive ketones (excluding diaryl/α,β-unsaturated/α-hetero) is 1. The molecule has 3 aromatic rings. The fraction of sp³-hybridized carbons (Fsp3) is 0.0714. The van der Waals surface area contributed by atoms with Gasteiger partial charge in [-0.15, -0.1) is 0 Å². The minimum atomic E-state index is -0.0277. The first kappa shape index (κ1) is 10.7. The van der Waals surface area contributed by atoms with Crippen LogP contribution in [0.15, 0.2) is 48.7 Å². The summed E-state index contributed by atoms with van der Waals surface area (Å²) in [6, 6.07) is 14.0. The zero-order chi connectivity index (χ0) is 12.4. The van der Waals surface area contributed by atoms with Gasteiger partial charge in [-0.05, 0) is 16.3 Å². The molecule has 0 spiro atoms. The summed E-state index contributed by atoms with van der Waals surface area (Å²) in [6.07, 6.45) is 1.79. The molecule has 0 saturated carbocycles. The molecular weight excluding hydrogens is 226 g/mol. The molecule has 0 aliphatic heterocycles. The maximum Gasteiger partial charge on any atom is 0.189 e. The van der Waals surface area contributed by atoms with Crippen LogP contribution >= 0.6 is 0 Å². The first-order valence-electron chi connectivity index (χ1n) is 5.70. The van der Waals surface area contributed by atoms with E-state index in [1.54, 1.807) is 0 Å². The van der Waals surface area contributed by atoms with E-state index in [2.05, 4.69) is 15.4 Å². The quantitative estimate of drug-likeness (QED) is 0.711. The summed E-state index contributed by atoms with van der Waals surface area (Å²) in [6.45, 7) is 0. The SMILES string of the molecule is O=C(Cc1cccc2ccccc12)c1cn[nH]n1. The number of fused-ring (bicyclic) bond motifs is 1. The standard InChI is InChI=1S/C14H11N3O/c18-14(13-9-15-17-16-13)8-11-6-3-5-10-4-1-2-7-12(10)11/h1-7,9H,8H2,(H,15,16,17). The minimum absolute atomic E-state index is 0.0277. The smallest absolute Gasteiger partial charge is 0.189 e. The molecule has 0 aliphatic carbocycles. The van der Waals surface area contributed by atoms with Crippen molar-refractivity contribution in [3.05, 3.63) is 59.9 Å². The highest BCUT2D eigenvalue weighted by molar-refractivity contribution is 5.98. The van der Waals surface area contributed by atoms with Crippen LogP contribution in [0.3, 0.4) is 0 Å². The third kappa shape index (κ3) is 1.88. The van der Waals surface area contributed by atoms with Crippen molar-refractivity contribution in [2.45, 2.75) is 6.42 Å². The predicted octanol–water partition coefficient (Wildman–Crippen LogP) is 2.38. The monoisotopic (exact) mass is 237 g/mol. The van der Waals surface area contributed by atoms with Gasteiger partial charge in [0.2, 0.25) is 0 Å². The lowest BCUT2D eigenvalue weighted by Gasteiger charge is -2.04. The second-order valence-electron chi connectivity index (χ2n) is 4.09. The van der Waals surface area contributed by atoms with Gasteiger partial charge in [0.25, 0.3) is 0 Å². The number of aromatic nitrogens is 3. The van der Waals surface area contributed by atoms with Crippen LogP contribution in [0.4, 0.5) is 0 Å². The molecule has 4 nitrogen and oxygen atoms in total. The van der Waals surface area contributed by atoms with Gasteiger partial charge in [-0.2, -0.15) is 15.4 Å². The lowest BCUT2D eigenvalue weighted by molar-refractivity contribution is 0.0988. The molecule has 3 rings (SSSR count). The summed E-state index contributed by atoms with van der Waals surface area (Å²) in [5, 5.41) is 12.2. The van der Waals surface area contributed by atoms with Crippen LogP contribution in [0.25, 0.3) is 10.8 Å². The van der Waals surface area contributed by atoms with Gasteiger partial charge < -0.3 is 0 Å². The van der Waals surface area contributed by atoms with E-state index in [9.17, 15) is 4.79 Å². The molecular formula is C14H11N3O. The molecule has 0 radical (unpaired) electrons. The molecule has 4 heteroatoms. The second-order valence-corrected chi connectivity index (χ2v) is 4.09. The van der Waals surface area contributed by atoms with E-state index >= 15 is 0 Å². The Balaban J connectivity index is 1.98. The first-order valence-corrected chi connectivity index (χ1v) is 5.70. The summed E-state index contributed by atoms with van der Waals surface area (Å²) in [4.78, 5) is 12.0. The Morgan fingerprint density at radius 3 is 2.78 bits per heavy atom. The Bertz CT molecular complexity index is 684. The minimum Gasteiger partial charge on any atom is -0.292 e. The van der Waals surface area contributed by atoms with Crippen molar-refractivity contribution in [2.24, 2.45) is 0 Å². The highest BCUT2D eigenvalue weighted by Crippen LogP contribution is 2.19. The highest BCUT2D eigenvalue weighted by atomic mass is 16.1. The average molecular weight is 237 g/mol. The highest BCUT2D eigenvalue weighted by Gasteiger charge is 2.11. The van der Waals surface area contributed by atoms with E-state index < -0.39 is 0 Å². The number of ketones is 1. The lowest BCUT2D eigenvalue weighted by Crippen LogP contribution is -2.04. The summed E-state index contributed by atoms with van der Waals surface area (Å²) in [7, 11) is 0. The van der Waals surface area contributed by atoms with Gasteiger partial charge in [0.1, 0.15) is 5.69 Å². The summed E-state index contributed by atoms with van der Waals surface area (Å²) in [5.41, 5.74) is 1.39. The number of carbonyl (C=O) groups excluding carboxylic acids is 1. The van der Waals surface area contributed by atoms with E-state index in [-0.39, 0.29) is 5.78 Å². The third-order valence-electron chi connectivity index (χ3n) is 2.93. The van der Waals surface area contributed by atoms with E-state index in [4.69, 9.17) is 0 Å². The second kappa shape index (κ2) is 4.41. The molecule has 88 valence electrons. The van der Waals surface area contributed by atoms with E-state index in [1.165, 1.54) is 6.20 Å². The molecule has 2 aromatic carbocycles. The van der Waals surface area contributed by atoms with Gasteiger partial charge in [-0.25, -0.2) is 0 Å². The van der Waals surface area contributed by atoms with Crippen LogP contribution in [0.1, 0.15) is 16.1 Å². The maximum atomic E-state index is 12.0. The fourth-order valence-corrected chi connectivity index (χ4v) is 2.05. The van der Waals surface area contributed by atoms with Crippen LogP contribution in [0.5, 0.6) is 0 Å². The lowest BCUT2D eigenvalue weighted by atomic mass is 10.00. The van der Waals surface area contributed by atoms with Gasteiger partial charge in [0.05, 0.1) is 6.20 Å². The Morgan fingerprint density at radius 2 is 1.94 bits per heavy atom.